The van der Waals surface area contributed by atoms with Gasteiger partial charge >= 0.3 is 0 Å². The predicted molar refractivity (Wildman–Crippen MR) is 70.2 cm³/mol. The minimum atomic E-state index is 0.774. The van der Waals surface area contributed by atoms with Crippen molar-refractivity contribution in [2.24, 2.45) is 0 Å². The minimum absolute atomic E-state index is 0.774. The van der Waals surface area contributed by atoms with E-state index in [9.17, 15) is 0 Å². The second-order valence-corrected chi connectivity index (χ2v) is 4.22. The van der Waals surface area contributed by atoms with E-state index in [1.807, 2.05) is 31.2 Å². The third-order valence-corrected chi connectivity index (χ3v) is 2.62. The molecule has 0 spiro atoms. The smallest absolute Gasteiger partial charge is 0.0393 e. The van der Waals surface area contributed by atoms with E-state index in [0.29, 0.717) is 0 Å². The van der Waals surface area contributed by atoms with E-state index >= 15 is 0 Å². The van der Waals surface area contributed by atoms with Crippen molar-refractivity contribution in [3.63, 3.8) is 0 Å². The molecular weight excluding hydrogens is 196 g/mol. The second-order valence-electron chi connectivity index (χ2n) is 4.22. The third kappa shape index (κ3) is 2.01. The minimum Gasteiger partial charge on any atom is -0.399 e. The van der Waals surface area contributed by atoms with Gasteiger partial charge in [0.05, 0.1) is 0 Å². The maximum atomic E-state index is 5.98. The van der Waals surface area contributed by atoms with Crippen LogP contribution in [-0.2, 0) is 0 Å². The zero-order valence-electron chi connectivity index (χ0n) is 9.62. The monoisotopic (exact) mass is 212 g/mol. The summed E-state index contributed by atoms with van der Waals surface area (Å²) in [4.78, 5) is 0. The molecule has 0 radical (unpaired) electrons. The molecule has 0 amide bonds. The number of anilines is 2. The van der Waals surface area contributed by atoms with Crippen LogP contribution in [-0.4, -0.2) is 0 Å². The van der Waals surface area contributed by atoms with Gasteiger partial charge in [0.2, 0.25) is 0 Å². The van der Waals surface area contributed by atoms with Crippen LogP contribution < -0.4 is 11.5 Å². The molecular formula is C14H16N2. The van der Waals surface area contributed by atoms with Crippen LogP contribution in [0.25, 0.3) is 11.1 Å². The fourth-order valence-electron chi connectivity index (χ4n) is 1.89. The highest BCUT2D eigenvalue weighted by Crippen LogP contribution is 2.29. The lowest BCUT2D eigenvalue weighted by Gasteiger charge is -2.09. The first-order valence-electron chi connectivity index (χ1n) is 5.30. The molecule has 2 aromatic rings. The molecule has 0 aliphatic heterocycles. The summed E-state index contributed by atoms with van der Waals surface area (Å²) in [6.07, 6.45) is 0. The van der Waals surface area contributed by atoms with Crippen LogP contribution in [0.4, 0.5) is 11.4 Å². The molecule has 2 nitrogen and oxygen atoms in total. The maximum absolute atomic E-state index is 5.98. The molecule has 4 N–H and O–H groups in total. The molecule has 2 aromatic carbocycles. The van der Waals surface area contributed by atoms with Crippen molar-refractivity contribution in [3.05, 3.63) is 47.5 Å². The van der Waals surface area contributed by atoms with Crippen molar-refractivity contribution in [3.8, 4) is 11.1 Å². The second kappa shape index (κ2) is 3.89. The summed E-state index contributed by atoms with van der Waals surface area (Å²) in [7, 11) is 0. The summed E-state index contributed by atoms with van der Waals surface area (Å²) in [6, 6.07) is 12.0. The van der Waals surface area contributed by atoms with Crippen molar-refractivity contribution < 1.29 is 0 Å². The Bertz CT molecular complexity index is 510. The zero-order chi connectivity index (χ0) is 11.7. The number of nitrogens with two attached hydrogens (primary N) is 2. The summed E-state index contributed by atoms with van der Waals surface area (Å²) in [5, 5.41) is 0. The van der Waals surface area contributed by atoms with E-state index < -0.39 is 0 Å². The van der Waals surface area contributed by atoms with Crippen LogP contribution in [0.1, 0.15) is 11.1 Å². The van der Waals surface area contributed by atoms with Gasteiger partial charge in [0.15, 0.2) is 0 Å². The molecule has 0 bridgehead atoms. The SMILES string of the molecule is Cc1cc(N)cc(-c2cc(C)ccc2N)c1. The summed E-state index contributed by atoms with van der Waals surface area (Å²) in [5.74, 6) is 0. The average Bonchev–Trinajstić information content (AvgIpc) is 2.20. The topological polar surface area (TPSA) is 52.0 Å². The van der Waals surface area contributed by atoms with Gasteiger partial charge in [0.1, 0.15) is 0 Å². The molecule has 0 unspecified atom stereocenters. The maximum Gasteiger partial charge on any atom is 0.0393 e. The van der Waals surface area contributed by atoms with Crippen LogP contribution >= 0.6 is 0 Å². The number of hydrogen-bond donors (Lipinski definition) is 2. The third-order valence-electron chi connectivity index (χ3n) is 2.62. The van der Waals surface area contributed by atoms with Gasteiger partial charge in [-0.1, -0.05) is 17.7 Å². The standard InChI is InChI=1S/C14H16N2/c1-9-3-4-14(16)13(7-9)11-5-10(2)6-12(15)8-11/h3-8H,15-16H2,1-2H3. The van der Waals surface area contributed by atoms with Gasteiger partial charge in [0, 0.05) is 16.9 Å². The Morgan fingerprint density at radius 1 is 0.812 bits per heavy atom. The lowest BCUT2D eigenvalue weighted by atomic mass is 9.99. The van der Waals surface area contributed by atoms with Crippen molar-refractivity contribution in [1.82, 2.24) is 0 Å². The molecule has 0 aliphatic carbocycles. The van der Waals surface area contributed by atoms with Gasteiger partial charge < -0.3 is 11.5 Å². The highest BCUT2D eigenvalue weighted by atomic mass is 14.6. The predicted octanol–water partition coefficient (Wildman–Crippen LogP) is 3.13. The summed E-state index contributed by atoms with van der Waals surface area (Å²) < 4.78 is 0. The average molecular weight is 212 g/mol. The molecule has 2 heteroatoms. The van der Waals surface area contributed by atoms with Crippen LogP contribution in [0.5, 0.6) is 0 Å². The lowest BCUT2D eigenvalue weighted by molar-refractivity contribution is 1.44. The highest BCUT2D eigenvalue weighted by Gasteiger charge is 2.04. The number of nitrogen functional groups attached to an aromatic ring is 2. The van der Waals surface area contributed by atoms with Crippen molar-refractivity contribution in [2.75, 3.05) is 11.5 Å². The Morgan fingerprint density at radius 3 is 2.25 bits per heavy atom. The molecule has 16 heavy (non-hydrogen) atoms. The van der Waals surface area contributed by atoms with Crippen molar-refractivity contribution >= 4 is 11.4 Å². The lowest BCUT2D eigenvalue weighted by Crippen LogP contribution is -1.93. The van der Waals surface area contributed by atoms with Gasteiger partial charge in [0.25, 0.3) is 0 Å². The fraction of sp³-hybridized carbons (Fsp3) is 0.143. The van der Waals surface area contributed by atoms with E-state index in [1.54, 1.807) is 0 Å². The molecule has 0 saturated carbocycles. The Balaban J connectivity index is 2.62. The molecule has 0 atom stereocenters. The van der Waals surface area contributed by atoms with Crippen LogP contribution in [0.2, 0.25) is 0 Å². The van der Waals surface area contributed by atoms with Gasteiger partial charge in [-0.05, 0) is 49.2 Å². The molecule has 0 heterocycles. The molecule has 0 aliphatic rings. The van der Waals surface area contributed by atoms with Gasteiger partial charge in [-0.15, -0.1) is 0 Å². The van der Waals surface area contributed by atoms with E-state index in [1.165, 1.54) is 5.56 Å². The Kier molecular flexibility index (Phi) is 2.57. The van der Waals surface area contributed by atoms with E-state index in [0.717, 1.165) is 28.1 Å². The molecule has 0 saturated heterocycles. The zero-order valence-corrected chi connectivity index (χ0v) is 9.62. The number of hydrogen-bond acceptors (Lipinski definition) is 2. The largest absolute Gasteiger partial charge is 0.399 e. The van der Waals surface area contributed by atoms with Crippen LogP contribution in [0.15, 0.2) is 36.4 Å². The quantitative estimate of drug-likeness (QED) is 0.713. The van der Waals surface area contributed by atoms with Gasteiger partial charge in [-0.25, -0.2) is 0 Å². The normalized spacial score (nSPS) is 10.4. The number of aryl methyl sites for hydroxylation is 2. The molecule has 0 fully saturated rings. The first kappa shape index (κ1) is 10.6. The Hall–Kier alpha value is -1.96. The van der Waals surface area contributed by atoms with E-state index in [4.69, 9.17) is 11.5 Å². The molecule has 0 aromatic heterocycles. The fourth-order valence-corrected chi connectivity index (χ4v) is 1.89. The van der Waals surface area contributed by atoms with E-state index in [2.05, 4.69) is 19.1 Å². The van der Waals surface area contributed by atoms with Crippen molar-refractivity contribution in [1.29, 1.82) is 0 Å². The first-order chi connectivity index (χ1) is 7.56. The van der Waals surface area contributed by atoms with Gasteiger partial charge in [-0.3, -0.25) is 0 Å². The summed E-state index contributed by atoms with van der Waals surface area (Å²) in [5.41, 5.74) is 17.9. The number of rotatable bonds is 1. The number of benzene rings is 2. The molecule has 82 valence electrons. The van der Waals surface area contributed by atoms with Crippen LogP contribution in [0.3, 0.4) is 0 Å². The van der Waals surface area contributed by atoms with Gasteiger partial charge in [-0.2, -0.15) is 0 Å². The van der Waals surface area contributed by atoms with Crippen LogP contribution in [0, 0.1) is 13.8 Å². The molecule has 2 rings (SSSR count). The summed E-state index contributed by atoms with van der Waals surface area (Å²) in [6.45, 7) is 4.09. The van der Waals surface area contributed by atoms with Crippen molar-refractivity contribution in [2.45, 2.75) is 13.8 Å². The first-order valence-corrected chi connectivity index (χ1v) is 5.30. The Morgan fingerprint density at radius 2 is 1.56 bits per heavy atom. The highest BCUT2D eigenvalue weighted by molar-refractivity contribution is 5.79. The van der Waals surface area contributed by atoms with E-state index in [-0.39, 0.29) is 0 Å². The summed E-state index contributed by atoms with van der Waals surface area (Å²) >= 11 is 0. The Labute approximate surface area is 95.9 Å².